The molecule has 0 saturated carbocycles. The van der Waals surface area contributed by atoms with Crippen LogP contribution in [0, 0.1) is 12.8 Å². The fourth-order valence-electron chi connectivity index (χ4n) is 1.87. The second kappa shape index (κ2) is 7.53. The van der Waals surface area contributed by atoms with E-state index in [2.05, 4.69) is 24.5 Å². The van der Waals surface area contributed by atoms with E-state index in [9.17, 15) is 9.59 Å². The highest BCUT2D eigenvalue weighted by Crippen LogP contribution is 2.17. The van der Waals surface area contributed by atoms with E-state index in [1.54, 1.807) is 6.07 Å². The van der Waals surface area contributed by atoms with Crippen LogP contribution >= 0.6 is 0 Å². The third kappa shape index (κ3) is 4.57. The van der Waals surface area contributed by atoms with E-state index >= 15 is 0 Å². The molecule has 2 amide bonds. The van der Waals surface area contributed by atoms with Crippen molar-refractivity contribution in [2.45, 2.75) is 33.6 Å². The number of nitrogens with one attached hydrogen (secondary N) is 2. The first kappa shape index (κ1) is 16.0. The molecule has 0 aliphatic carbocycles. The molecule has 0 radical (unpaired) electrons. The minimum atomic E-state index is -1.01. The quantitative estimate of drug-likeness (QED) is 0.747. The van der Waals surface area contributed by atoms with Gasteiger partial charge in [-0.05, 0) is 30.5 Å². The fourth-order valence-corrected chi connectivity index (χ4v) is 1.87. The van der Waals surface area contributed by atoms with Crippen molar-refractivity contribution in [2.75, 3.05) is 11.9 Å². The lowest BCUT2D eigenvalue weighted by atomic mass is 10.0. The zero-order valence-electron chi connectivity index (χ0n) is 12.2. The number of carboxylic acid groups (broad SMARTS) is 1. The number of aromatic carboxylic acids is 1. The van der Waals surface area contributed by atoms with Crippen molar-refractivity contribution in [3.05, 3.63) is 29.3 Å². The third-order valence-electron chi connectivity index (χ3n) is 3.44. The molecule has 0 spiro atoms. The summed E-state index contributed by atoms with van der Waals surface area (Å²) in [6.07, 6.45) is 2.04. The molecular weight excluding hydrogens is 256 g/mol. The molecule has 0 heterocycles. The number of urea groups is 1. The summed E-state index contributed by atoms with van der Waals surface area (Å²) < 4.78 is 0. The van der Waals surface area contributed by atoms with Crippen LogP contribution in [0.25, 0.3) is 0 Å². The number of carbonyl (C=O) groups is 2. The predicted octanol–water partition coefficient (Wildman–Crippen LogP) is 3.25. The molecule has 1 aromatic rings. The highest BCUT2D eigenvalue weighted by atomic mass is 16.4. The molecule has 0 aromatic heterocycles. The van der Waals surface area contributed by atoms with E-state index in [0.29, 0.717) is 18.2 Å². The lowest BCUT2D eigenvalue weighted by Crippen LogP contribution is -2.33. The largest absolute Gasteiger partial charge is 0.478 e. The Hall–Kier alpha value is -2.04. The number of aryl methyl sites for hydroxylation is 1. The van der Waals surface area contributed by atoms with Crippen molar-refractivity contribution in [2.24, 2.45) is 5.92 Å². The highest BCUT2D eigenvalue weighted by molar-refractivity contribution is 5.93. The van der Waals surface area contributed by atoms with Gasteiger partial charge in [0.15, 0.2) is 0 Å². The molecule has 20 heavy (non-hydrogen) atoms. The third-order valence-corrected chi connectivity index (χ3v) is 3.44. The minimum Gasteiger partial charge on any atom is -0.478 e. The number of benzene rings is 1. The van der Waals surface area contributed by atoms with Crippen molar-refractivity contribution in [3.8, 4) is 0 Å². The molecule has 0 atom stereocenters. The Morgan fingerprint density at radius 3 is 2.45 bits per heavy atom. The van der Waals surface area contributed by atoms with Crippen LogP contribution in [0.5, 0.6) is 0 Å². The van der Waals surface area contributed by atoms with E-state index in [4.69, 9.17) is 5.11 Å². The van der Waals surface area contributed by atoms with Gasteiger partial charge in [-0.2, -0.15) is 0 Å². The molecule has 0 fully saturated rings. The van der Waals surface area contributed by atoms with Crippen LogP contribution in [0.4, 0.5) is 10.5 Å². The molecule has 0 aliphatic rings. The lowest BCUT2D eigenvalue weighted by molar-refractivity contribution is 0.0697. The van der Waals surface area contributed by atoms with Gasteiger partial charge in [0.05, 0.1) is 5.56 Å². The first-order valence-corrected chi connectivity index (χ1v) is 6.86. The van der Waals surface area contributed by atoms with Gasteiger partial charge in [-0.15, -0.1) is 0 Å². The maximum absolute atomic E-state index is 11.8. The number of hydrogen-bond donors (Lipinski definition) is 3. The second-order valence-corrected chi connectivity index (χ2v) is 4.85. The molecule has 110 valence electrons. The van der Waals surface area contributed by atoms with E-state index < -0.39 is 5.97 Å². The Labute approximate surface area is 119 Å². The first-order chi connectivity index (χ1) is 9.47. The van der Waals surface area contributed by atoms with E-state index in [1.165, 1.54) is 12.1 Å². The summed E-state index contributed by atoms with van der Waals surface area (Å²) in [7, 11) is 0. The van der Waals surface area contributed by atoms with Crippen molar-refractivity contribution in [1.29, 1.82) is 0 Å². The zero-order chi connectivity index (χ0) is 15.1. The van der Waals surface area contributed by atoms with Crippen LogP contribution in [0.15, 0.2) is 18.2 Å². The summed E-state index contributed by atoms with van der Waals surface area (Å²) in [4.78, 5) is 22.7. The minimum absolute atomic E-state index is 0.158. The zero-order valence-corrected chi connectivity index (χ0v) is 12.2. The van der Waals surface area contributed by atoms with Crippen molar-refractivity contribution >= 4 is 17.7 Å². The molecule has 1 rings (SSSR count). The van der Waals surface area contributed by atoms with Crippen molar-refractivity contribution in [1.82, 2.24) is 5.32 Å². The molecule has 1 aromatic carbocycles. The molecule has 3 N–H and O–H groups in total. The monoisotopic (exact) mass is 278 g/mol. The van der Waals surface area contributed by atoms with Crippen molar-refractivity contribution in [3.63, 3.8) is 0 Å². The topological polar surface area (TPSA) is 78.4 Å². The van der Waals surface area contributed by atoms with Gasteiger partial charge in [0, 0.05) is 12.2 Å². The average Bonchev–Trinajstić information content (AvgIpc) is 2.42. The van der Waals surface area contributed by atoms with Crippen LogP contribution in [-0.4, -0.2) is 23.7 Å². The Balaban J connectivity index is 2.65. The van der Waals surface area contributed by atoms with Gasteiger partial charge in [-0.3, -0.25) is 0 Å². The van der Waals surface area contributed by atoms with Gasteiger partial charge >= 0.3 is 12.0 Å². The van der Waals surface area contributed by atoms with Gasteiger partial charge < -0.3 is 15.7 Å². The Morgan fingerprint density at radius 2 is 1.90 bits per heavy atom. The second-order valence-electron chi connectivity index (χ2n) is 4.85. The number of carbonyl (C=O) groups excluding carboxylic acids is 1. The smallest absolute Gasteiger partial charge is 0.335 e. The molecule has 0 bridgehead atoms. The summed E-state index contributed by atoms with van der Waals surface area (Å²) in [6, 6.07) is 4.36. The van der Waals surface area contributed by atoms with Gasteiger partial charge in [0.2, 0.25) is 0 Å². The number of carboxylic acids is 1. The normalized spacial score (nSPS) is 10.4. The summed E-state index contributed by atoms with van der Waals surface area (Å²) in [5.41, 5.74) is 1.51. The lowest BCUT2D eigenvalue weighted by Gasteiger charge is -2.15. The number of hydrogen-bond acceptors (Lipinski definition) is 2. The Bertz CT molecular complexity index is 482. The molecular formula is C15H22N2O3. The van der Waals surface area contributed by atoms with Crippen LogP contribution < -0.4 is 10.6 Å². The first-order valence-electron chi connectivity index (χ1n) is 6.86. The van der Waals surface area contributed by atoms with E-state index in [-0.39, 0.29) is 11.6 Å². The fraction of sp³-hybridized carbons (Fsp3) is 0.467. The van der Waals surface area contributed by atoms with Gasteiger partial charge in [-0.1, -0.05) is 32.8 Å². The summed E-state index contributed by atoms with van der Waals surface area (Å²) in [6.45, 7) is 6.63. The molecule has 0 saturated heterocycles. The van der Waals surface area contributed by atoms with E-state index in [0.717, 1.165) is 18.4 Å². The van der Waals surface area contributed by atoms with Gasteiger partial charge in [0.25, 0.3) is 0 Å². The average molecular weight is 278 g/mol. The van der Waals surface area contributed by atoms with E-state index in [1.807, 2.05) is 6.92 Å². The molecule has 5 heteroatoms. The van der Waals surface area contributed by atoms with Crippen molar-refractivity contribution < 1.29 is 14.7 Å². The van der Waals surface area contributed by atoms with Gasteiger partial charge in [0.1, 0.15) is 0 Å². The molecule has 0 aliphatic heterocycles. The Morgan fingerprint density at radius 1 is 1.25 bits per heavy atom. The predicted molar refractivity (Wildman–Crippen MR) is 79.2 cm³/mol. The van der Waals surface area contributed by atoms with Crippen LogP contribution in [0.2, 0.25) is 0 Å². The van der Waals surface area contributed by atoms with Crippen LogP contribution in [0.3, 0.4) is 0 Å². The standard InChI is InChI=1S/C15H22N2O3/c1-4-11(5-2)9-16-15(20)17-13-8-12(14(18)19)7-6-10(13)3/h6-8,11H,4-5,9H2,1-3H3,(H,18,19)(H2,16,17,20). The maximum atomic E-state index is 11.8. The SMILES string of the molecule is CCC(CC)CNC(=O)Nc1cc(C(=O)O)ccc1C. The Kier molecular flexibility index (Phi) is 6.03. The van der Waals surface area contributed by atoms with Crippen LogP contribution in [0.1, 0.15) is 42.6 Å². The molecule has 0 unspecified atom stereocenters. The summed E-state index contributed by atoms with van der Waals surface area (Å²) >= 11 is 0. The summed E-state index contributed by atoms with van der Waals surface area (Å²) in [5.74, 6) is -0.544. The number of rotatable bonds is 6. The maximum Gasteiger partial charge on any atom is 0.335 e. The highest BCUT2D eigenvalue weighted by Gasteiger charge is 2.10. The molecule has 5 nitrogen and oxygen atoms in total. The van der Waals surface area contributed by atoms with Gasteiger partial charge in [-0.25, -0.2) is 9.59 Å². The van der Waals surface area contributed by atoms with Crippen LogP contribution in [-0.2, 0) is 0 Å². The number of anilines is 1. The number of amides is 2. The summed E-state index contributed by atoms with van der Waals surface area (Å²) in [5, 5.41) is 14.5.